The van der Waals surface area contributed by atoms with Crippen LogP contribution in [0.25, 0.3) is 11.1 Å². The second-order valence-electron chi connectivity index (χ2n) is 7.20. The van der Waals surface area contributed by atoms with Crippen molar-refractivity contribution in [2.24, 2.45) is 0 Å². The first-order chi connectivity index (χ1) is 15.5. The molecule has 0 fully saturated rings. The molecule has 0 N–H and O–H groups in total. The summed E-state index contributed by atoms with van der Waals surface area (Å²) in [4.78, 5) is 19.5. The van der Waals surface area contributed by atoms with Gasteiger partial charge in [-0.3, -0.25) is 15.6 Å². The molecule has 3 aromatic rings. The SMILES string of the molecule is CN(C)c1cc[n+](/C(=C\C(=C=[N-])C#N)C(=O)N2c3ccccc3Sc3ccccc32)cc1. The first-order valence-corrected chi connectivity index (χ1v) is 10.6. The Labute approximate surface area is 190 Å². The van der Waals surface area contributed by atoms with E-state index in [1.54, 1.807) is 33.6 Å². The molecule has 7 heteroatoms. The molecule has 156 valence electrons. The third-order valence-electron chi connectivity index (χ3n) is 4.98. The Hall–Kier alpha value is -4.11. The van der Waals surface area contributed by atoms with Gasteiger partial charge in [-0.05, 0) is 24.3 Å². The number of carbonyl (C=O) groups is 1. The van der Waals surface area contributed by atoms with Crippen LogP contribution < -0.4 is 14.4 Å². The molecule has 0 radical (unpaired) electrons. The van der Waals surface area contributed by atoms with E-state index >= 15 is 0 Å². The summed E-state index contributed by atoms with van der Waals surface area (Å²) in [6, 6.07) is 21.0. The molecule has 0 bridgehead atoms. The van der Waals surface area contributed by atoms with E-state index in [-0.39, 0.29) is 17.2 Å². The van der Waals surface area contributed by atoms with Crippen molar-refractivity contribution in [3.05, 3.63) is 90.1 Å². The number of allylic oxidation sites excluding steroid dienone is 2. The van der Waals surface area contributed by atoms with Crippen molar-refractivity contribution in [2.45, 2.75) is 9.79 Å². The highest BCUT2D eigenvalue weighted by molar-refractivity contribution is 7.99. The Bertz CT molecular complexity index is 1270. The molecule has 1 amide bonds. The number of fused-ring (bicyclic) bond motifs is 2. The summed E-state index contributed by atoms with van der Waals surface area (Å²) in [6.45, 7) is 0. The van der Waals surface area contributed by atoms with Crippen LogP contribution in [-0.4, -0.2) is 25.9 Å². The maximum absolute atomic E-state index is 14.0. The van der Waals surface area contributed by atoms with Crippen molar-refractivity contribution in [3.63, 3.8) is 0 Å². The minimum absolute atomic E-state index is 0.148. The molecule has 4 rings (SSSR count). The number of aromatic nitrogens is 1. The number of nitriles is 1. The predicted molar refractivity (Wildman–Crippen MR) is 127 cm³/mol. The van der Waals surface area contributed by atoms with Crippen LogP contribution in [-0.2, 0) is 4.79 Å². The average Bonchev–Trinajstić information content (AvgIpc) is 2.83. The van der Waals surface area contributed by atoms with Crippen LogP contribution in [0.15, 0.2) is 94.5 Å². The highest BCUT2D eigenvalue weighted by Crippen LogP contribution is 2.48. The molecular weight excluding hydrogens is 418 g/mol. The maximum Gasteiger partial charge on any atom is 0.328 e. The molecule has 2 heterocycles. The summed E-state index contributed by atoms with van der Waals surface area (Å²) < 4.78 is 1.64. The zero-order valence-electron chi connectivity index (χ0n) is 17.6. The van der Waals surface area contributed by atoms with Crippen LogP contribution in [0.5, 0.6) is 0 Å². The number of benzene rings is 2. The number of carbonyl (C=O) groups excluding carboxylic acids is 1. The number of hydrogen-bond acceptors (Lipinski definition) is 4. The van der Waals surface area contributed by atoms with Gasteiger partial charge in [0.25, 0.3) is 5.70 Å². The van der Waals surface area contributed by atoms with Gasteiger partial charge >= 0.3 is 5.91 Å². The van der Waals surface area contributed by atoms with E-state index in [2.05, 4.69) is 0 Å². The minimum Gasteiger partial charge on any atom is -0.762 e. The fourth-order valence-corrected chi connectivity index (χ4v) is 4.45. The van der Waals surface area contributed by atoms with Crippen molar-refractivity contribution in [1.82, 2.24) is 0 Å². The van der Waals surface area contributed by atoms with E-state index in [1.165, 1.54) is 6.08 Å². The van der Waals surface area contributed by atoms with Gasteiger partial charge < -0.3 is 10.3 Å². The van der Waals surface area contributed by atoms with Crippen molar-refractivity contribution in [1.29, 1.82) is 5.26 Å². The van der Waals surface area contributed by atoms with Gasteiger partial charge in [0.05, 0.1) is 16.9 Å². The third kappa shape index (κ3) is 3.93. The van der Waals surface area contributed by atoms with Crippen molar-refractivity contribution in [3.8, 4) is 6.07 Å². The van der Waals surface area contributed by atoms with Gasteiger partial charge in [0, 0.05) is 47.8 Å². The van der Waals surface area contributed by atoms with Crippen LogP contribution in [0.2, 0.25) is 0 Å². The lowest BCUT2D eigenvalue weighted by atomic mass is 10.1. The van der Waals surface area contributed by atoms with Gasteiger partial charge in [0.1, 0.15) is 6.07 Å². The van der Waals surface area contributed by atoms with Crippen molar-refractivity contribution >= 4 is 46.3 Å². The van der Waals surface area contributed by atoms with Crippen LogP contribution in [0.1, 0.15) is 0 Å². The number of para-hydroxylation sites is 2. The summed E-state index contributed by atoms with van der Waals surface area (Å²) in [6.07, 6.45) is 4.84. The van der Waals surface area contributed by atoms with E-state index in [9.17, 15) is 15.5 Å². The maximum atomic E-state index is 14.0. The lowest BCUT2D eigenvalue weighted by Gasteiger charge is -2.30. The second kappa shape index (κ2) is 8.94. The molecule has 1 aliphatic rings. The Morgan fingerprint density at radius 2 is 1.59 bits per heavy atom. The smallest absolute Gasteiger partial charge is 0.328 e. The summed E-state index contributed by atoms with van der Waals surface area (Å²) in [5, 5.41) is 18.7. The summed E-state index contributed by atoms with van der Waals surface area (Å²) in [5.74, 6) is 1.52. The van der Waals surface area contributed by atoms with E-state index in [1.807, 2.05) is 91.6 Å². The molecule has 0 aliphatic carbocycles. The van der Waals surface area contributed by atoms with E-state index in [0.717, 1.165) is 26.9 Å². The lowest BCUT2D eigenvalue weighted by Crippen LogP contribution is -2.42. The molecular formula is C25H19N5OS. The molecule has 0 atom stereocenters. The largest absolute Gasteiger partial charge is 0.762 e. The van der Waals surface area contributed by atoms with E-state index < -0.39 is 0 Å². The normalized spacial score (nSPS) is 12.2. The molecule has 6 nitrogen and oxygen atoms in total. The first-order valence-electron chi connectivity index (χ1n) is 9.81. The summed E-state index contributed by atoms with van der Waals surface area (Å²) >= 11 is 1.60. The number of amides is 1. The summed E-state index contributed by atoms with van der Waals surface area (Å²) in [5.41, 5.74) is 2.53. The van der Waals surface area contributed by atoms with Crippen LogP contribution in [0, 0.1) is 11.3 Å². The molecule has 0 spiro atoms. The van der Waals surface area contributed by atoms with Crippen LogP contribution >= 0.6 is 11.8 Å². The minimum atomic E-state index is -0.337. The Balaban J connectivity index is 1.89. The molecule has 32 heavy (non-hydrogen) atoms. The Morgan fingerprint density at radius 3 is 2.09 bits per heavy atom. The standard InChI is InChI=1S/C25H19N5OS/c1-28(2)19-11-13-29(14-12-19)22(15-18(16-26)17-27)25(31)30-20-7-3-5-9-23(20)32-24-10-6-4-8-21(24)30/h3-15H,1-2H3/b22-15-. The molecule has 0 saturated carbocycles. The fraction of sp³-hybridized carbons (Fsp3) is 0.0800. The average molecular weight is 438 g/mol. The predicted octanol–water partition coefficient (Wildman–Crippen LogP) is 4.40. The van der Waals surface area contributed by atoms with Crippen LogP contribution in [0.3, 0.4) is 0 Å². The zero-order valence-corrected chi connectivity index (χ0v) is 18.4. The van der Waals surface area contributed by atoms with Gasteiger partial charge in [-0.25, -0.2) is 0 Å². The monoisotopic (exact) mass is 437 g/mol. The third-order valence-corrected chi connectivity index (χ3v) is 6.11. The Morgan fingerprint density at radius 1 is 1.03 bits per heavy atom. The van der Waals surface area contributed by atoms with Gasteiger partial charge in [-0.15, -0.1) is 0 Å². The van der Waals surface area contributed by atoms with Crippen LogP contribution in [0.4, 0.5) is 17.1 Å². The molecule has 0 saturated heterocycles. The van der Waals surface area contributed by atoms with Gasteiger partial charge in [0.15, 0.2) is 12.4 Å². The number of hydrogen-bond donors (Lipinski definition) is 0. The van der Waals surface area contributed by atoms with Crippen molar-refractivity contribution < 1.29 is 9.36 Å². The number of nitrogens with zero attached hydrogens (tertiary/aromatic N) is 5. The topological polar surface area (TPSA) is 73.5 Å². The Kier molecular flexibility index (Phi) is 5.91. The van der Waals surface area contributed by atoms with E-state index in [0.29, 0.717) is 0 Å². The fourth-order valence-electron chi connectivity index (χ4n) is 3.39. The first kappa shape index (κ1) is 21.1. The molecule has 1 aromatic heterocycles. The molecule has 0 unspecified atom stereocenters. The zero-order chi connectivity index (χ0) is 22.7. The van der Waals surface area contributed by atoms with Crippen molar-refractivity contribution in [2.75, 3.05) is 23.9 Å². The highest BCUT2D eigenvalue weighted by atomic mass is 32.2. The highest BCUT2D eigenvalue weighted by Gasteiger charge is 2.34. The molecule has 2 aromatic carbocycles. The van der Waals surface area contributed by atoms with Gasteiger partial charge in [-0.2, -0.15) is 9.83 Å². The van der Waals surface area contributed by atoms with Gasteiger partial charge in [-0.1, -0.05) is 36.0 Å². The number of anilines is 3. The number of pyridine rings is 1. The summed E-state index contributed by atoms with van der Waals surface area (Å²) in [7, 11) is 3.86. The quantitative estimate of drug-likeness (QED) is 0.199. The number of rotatable bonds is 4. The lowest BCUT2D eigenvalue weighted by molar-refractivity contribution is -0.577. The van der Waals surface area contributed by atoms with E-state index in [4.69, 9.17) is 0 Å². The molecule has 1 aliphatic heterocycles. The second-order valence-corrected chi connectivity index (χ2v) is 8.29. The van der Waals surface area contributed by atoms with Gasteiger partial charge in [0.2, 0.25) is 0 Å².